The first-order chi connectivity index (χ1) is 7.11. The van der Waals surface area contributed by atoms with Crippen molar-refractivity contribution in [2.45, 2.75) is 0 Å². The minimum atomic E-state index is -0.591. The Bertz CT molecular complexity index is 556. The van der Waals surface area contributed by atoms with Crippen molar-refractivity contribution >= 4 is 28.2 Å². The van der Waals surface area contributed by atoms with Crippen LogP contribution in [0.15, 0.2) is 24.4 Å². The Morgan fingerprint density at radius 2 is 2.27 bits per heavy atom. The molecule has 15 heavy (non-hydrogen) atoms. The predicted octanol–water partition coefficient (Wildman–Crippen LogP) is 2.50. The molecule has 5 nitrogen and oxygen atoms in total. The minimum absolute atomic E-state index is 0.0991. The summed E-state index contributed by atoms with van der Waals surface area (Å²) in [6.45, 7) is 0. The summed E-state index contributed by atoms with van der Waals surface area (Å²) in [6, 6.07) is 4.16. The van der Waals surface area contributed by atoms with Gasteiger partial charge in [0.05, 0.1) is 10.3 Å². The number of aromatic nitrogens is 1. The van der Waals surface area contributed by atoms with Crippen LogP contribution in [-0.2, 0) is 0 Å². The van der Waals surface area contributed by atoms with E-state index in [1.807, 2.05) is 0 Å². The molecule has 0 fully saturated rings. The van der Waals surface area contributed by atoms with Crippen LogP contribution >= 0.6 is 11.6 Å². The standard InChI is InChI=1S/C9H5ClN2O3/c10-6-4-7(13)8-5(2-1-3-11-8)9(6)12(14)15/h1-4,13H. The fourth-order valence-corrected chi connectivity index (χ4v) is 1.65. The summed E-state index contributed by atoms with van der Waals surface area (Å²) in [4.78, 5) is 14.0. The molecule has 0 aliphatic carbocycles. The smallest absolute Gasteiger partial charge is 0.297 e. The van der Waals surface area contributed by atoms with E-state index in [-0.39, 0.29) is 27.4 Å². The molecule has 0 saturated carbocycles. The first-order valence-electron chi connectivity index (χ1n) is 4.02. The lowest BCUT2D eigenvalue weighted by atomic mass is 10.1. The van der Waals surface area contributed by atoms with Crippen molar-refractivity contribution in [3.05, 3.63) is 39.5 Å². The molecular formula is C9H5ClN2O3. The molecule has 0 amide bonds. The van der Waals surface area contributed by atoms with E-state index in [2.05, 4.69) is 4.98 Å². The van der Waals surface area contributed by atoms with Crippen molar-refractivity contribution in [2.24, 2.45) is 0 Å². The van der Waals surface area contributed by atoms with Crippen LogP contribution < -0.4 is 0 Å². The normalized spacial score (nSPS) is 10.5. The van der Waals surface area contributed by atoms with Gasteiger partial charge in [-0.15, -0.1) is 0 Å². The molecule has 1 heterocycles. The Morgan fingerprint density at radius 1 is 1.53 bits per heavy atom. The van der Waals surface area contributed by atoms with E-state index in [9.17, 15) is 15.2 Å². The lowest BCUT2D eigenvalue weighted by Gasteiger charge is -2.02. The van der Waals surface area contributed by atoms with Gasteiger partial charge in [0.1, 0.15) is 16.3 Å². The third-order valence-electron chi connectivity index (χ3n) is 1.98. The molecule has 0 saturated heterocycles. The maximum atomic E-state index is 10.8. The van der Waals surface area contributed by atoms with Crippen LogP contribution in [0.4, 0.5) is 5.69 Å². The minimum Gasteiger partial charge on any atom is -0.506 e. The first-order valence-corrected chi connectivity index (χ1v) is 4.39. The number of nitro groups is 1. The monoisotopic (exact) mass is 224 g/mol. The van der Waals surface area contributed by atoms with E-state index in [1.54, 1.807) is 6.07 Å². The van der Waals surface area contributed by atoms with Crippen LogP contribution in [-0.4, -0.2) is 15.0 Å². The Labute approximate surface area is 89.1 Å². The molecular weight excluding hydrogens is 220 g/mol. The highest BCUT2D eigenvalue weighted by molar-refractivity contribution is 6.34. The Kier molecular flexibility index (Phi) is 2.17. The summed E-state index contributed by atoms with van der Waals surface area (Å²) in [5.74, 6) is -0.166. The van der Waals surface area contributed by atoms with Crippen LogP contribution in [0, 0.1) is 10.1 Å². The molecule has 0 unspecified atom stereocenters. The average Bonchev–Trinajstić information content (AvgIpc) is 2.17. The van der Waals surface area contributed by atoms with E-state index < -0.39 is 4.92 Å². The first kappa shape index (κ1) is 9.67. The number of halogens is 1. The number of phenolic OH excluding ortho intramolecular Hbond substituents is 1. The largest absolute Gasteiger partial charge is 0.506 e. The van der Waals surface area contributed by atoms with Gasteiger partial charge in [-0.05, 0) is 12.1 Å². The highest BCUT2D eigenvalue weighted by Gasteiger charge is 2.20. The second kappa shape index (κ2) is 3.36. The molecule has 0 aliphatic heterocycles. The van der Waals surface area contributed by atoms with Gasteiger partial charge >= 0.3 is 0 Å². The van der Waals surface area contributed by atoms with E-state index in [0.717, 1.165) is 6.07 Å². The van der Waals surface area contributed by atoms with Gasteiger partial charge in [-0.1, -0.05) is 11.6 Å². The molecule has 2 aromatic rings. The average molecular weight is 225 g/mol. The molecule has 0 radical (unpaired) electrons. The molecule has 76 valence electrons. The summed E-state index contributed by atoms with van der Waals surface area (Å²) < 4.78 is 0. The number of fused-ring (bicyclic) bond motifs is 1. The van der Waals surface area contributed by atoms with E-state index in [4.69, 9.17) is 11.6 Å². The molecule has 1 aromatic heterocycles. The van der Waals surface area contributed by atoms with Gasteiger partial charge in [0.2, 0.25) is 0 Å². The molecule has 1 N–H and O–H groups in total. The van der Waals surface area contributed by atoms with Crippen molar-refractivity contribution in [2.75, 3.05) is 0 Å². The number of aromatic hydroxyl groups is 1. The van der Waals surface area contributed by atoms with Gasteiger partial charge in [-0.2, -0.15) is 0 Å². The summed E-state index contributed by atoms with van der Waals surface area (Å²) in [6.07, 6.45) is 1.44. The maximum Gasteiger partial charge on any atom is 0.297 e. The molecule has 2 rings (SSSR count). The SMILES string of the molecule is O=[N+]([O-])c1c(Cl)cc(O)c2ncccc12. The Balaban J connectivity index is 2.96. The summed E-state index contributed by atoms with van der Waals surface area (Å²) in [7, 11) is 0. The van der Waals surface area contributed by atoms with E-state index >= 15 is 0 Å². The highest BCUT2D eigenvalue weighted by atomic mass is 35.5. The number of benzene rings is 1. The number of phenols is 1. The summed E-state index contributed by atoms with van der Waals surface area (Å²) in [5, 5.41) is 20.4. The number of rotatable bonds is 1. The lowest BCUT2D eigenvalue weighted by molar-refractivity contribution is -0.382. The second-order valence-electron chi connectivity index (χ2n) is 2.88. The quantitative estimate of drug-likeness (QED) is 0.596. The van der Waals surface area contributed by atoms with Crippen molar-refractivity contribution in [1.82, 2.24) is 4.98 Å². The zero-order valence-corrected chi connectivity index (χ0v) is 8.10. The Morgan fingerprint density at radius 3 is 2.93 bits per heavy atom. The van der Waals surface area contributed by atoms with Crippen LogP contribution in [0.25, 0.3) is 10.9 Å². The number of nitro benzene ring substituents is 1. The zero-order chi connectivity index (χ0) is 11.0. The van der Waals surface area contributed by atoms with Crippen LogP contribution in [0.5, 0.6) is 5.75 Å². The van der Waals surface area contributed by atoms with Crippen molar-refractivity contribution in [3.8, 4) is 5.75 Å². The van der Waals surface area contributed by atoms with Gasteiger partial charge in [0.25, 0.3) is 5.69 Å². The molecule has 0 bridgehead atoms. The third kappa shape index (κ3) is 1.46. The predicted molar refractivity (Wildman–Crippen MR) is 55.1 cm³/mol. The summed E-state index contributed by atoms with van der Waals surface area (Å²) in [5.41, 5.74) is -0.0637. The fourth-order valence-electron chi connectivity index (χ4n) is 1.37. The number of hydrogen-bond acceptors (Lipinski definition) is 4. The maximum absolute atomic E-state index is 10.8. The van der Waals surface area contributed by atoms with Gasteiger partial charge in [0.15, 0.2) is 0 Å². The Hall–Kier alpha value is -1.88. The van der Waals surface area contributed by atoms with Gasteiger partial charge in [-0.25, -0.2) is 0 Å². The highest BCUT2D eigenvalue weighted by Crippen LogP contribution is 2.37. The number of nitrogens with zero attached hydrogens (tertiary/aromatic N) is 2. The van der Waals surface area contributed by atoms with E-state index in [0.29, 0.717) is 0 Å². The van der Waals surface area contributed by atoms with Crippen molar-refractivity contribution in [1.29, 1.82) is 0 Å². The van der Waals surface area contributed by atoms with Gasteiger partial charge in [0, 0.05) is 12.3 Å². The van der Waals surface area contributed by atoms with Crippen molar-refractivity contribution < 1.29 is 10.0 Å². The zero-order valence-electron chi connectivity index (χ0n) is 7.35. The lowest BCUT2D eigenvalue weighted by Crippen LogP contribution is -1.92. The van der Waals surface area contributed by atoms with Gasteiger partial charge < -0.3 is 5.11 Å². The molecule has 1 aromatic carbocycles. The number of pyridine rings is 1. The van der Waals surface area contributed by atoms with Crippen LogP contribution in [0.3, 0.4) is 0 Å². The molecule has 0 aliphatic rings. The van der Waals surface area contributed by atoms with Crippen molar-refractivity contribution in [3.63, 3.8) is 0 Å². The van der Waals surface area contributed by atoms with E-state index in [1.165, 1.54) is 12.3 Å². The fraction of sp³-hybridized carbons (Fsp3) is 0. The van der Waals surface area contributed by atoms with Crippen LogP contribution in [0.2, 0.25) is 5.02 Å². The second-order valence-corrected chi connectivity index (χ2v) is 3.29. The number of hydrogen-bond donors (Lipinski definition) is 1. The van der Waals surface area contributed by atoms with Gasteiger partial charge in [-0.3, -0.25) is 15.1 Å². The molecule has 0 atom stereocenters. The summed E-state index contributed by atoms with van der Waals surface area (Å²) >= 11 is 5.67. The topological polar surface area (TPSA) is 76.3 Å². The third-order valence-corrected chi connectivity index (χ3v) is 2.27. The molecule has 0 spiro atoms. The molecule has 6 heteroatoms. The van der Waals surface area contributed by atoms with Crippen LogP contribution in [0.1, 0.15) is 0 Å².